The first-order valence-corrected chi connectivity index (χ1v) is 5.98. The lowest BCUT2D eigenvalue weighted by atomic mass is 10.2. The van der Waals surface area contributed by atoms with Gasteiger partial charge in [0.15, 0.2) is 0 Å². The number of carbonyl (C=O) groups is 1. The third-order valence-electron chi connectivity index (χ3n) is 2.46. The summed E-state index contributed by atoms with van der Waals surface area (Å²) in [5.41, 5.74) is 5.51. The zero-order valence-corrected chi connectivity index (χ0v) is 11.1. The molecule has 0 bridgehead atoms. The van der Waals surface area contributed by atoms with Crippen molar-refractivity contribution in [3.05, 3.63) is 12.3 Å². The number of carbonyl (C=O) groups excluding carboxylic acids is 1. The second-order valence-corrected chi connectivity index (χ2v) is 4.97. The predicted octanol–water partition coefficient (Wildman–Crippen LogP) is 1.36. The summed E-state index contributed by atoms with van der Waals surface area (Å²) < 4.78 is 1.58. The van der Waals surface area contributed by atoms with Crippen LogP contribution in [0.25, 0.3) is 0 Å². The molecule has 0 atom stereocenters. The fourth-order valence-corrected chi connectivity index (χ4v) is 1.69. The van der Waals surface area contributed by atoms with Gasteiger partial charge in [-0.25, -0.2) is 0 Å². The van der Waals surface area contributed by atoms with Crippen molar-refractivity contribution in [3.8, 4) is 0 Å². The zero-order chi connectivity index (χ0) is 13.0. The monoisotopic (exact) mass is 238 g/mol. The molecule has 2 N–H and O–H groups in total. The molecule has 0 aromatic carbocycles. The normalized spacial score (nSPS) is 11.2. The Morgan fingerprint density at radius 2 is 2.12 bits per heavy atom. The lowest BCUT2D eigenvalue weighted by Crippen LogP contribution is -2.41. The molecular formula is C12H22N4O. The molecule has 1 heterocycles. The average Bonchev–Trinajstić information content (AvgIpc) is 2.59. The van der Waals surface area contributed by atoms with Crippen molar-refractivity contribution in [2.24, 2.45) is 5.92 Å². The van der Waals surface area contributed by atoms with Crippen LogP contribution in [-0.2, 0) is 11.3 Å². The van der Waals surface area contributed by atoms with E-state index in [2.05, 4.69) is 18.9 Å². The van der Waals surface area contributed by atoms with E-state index < -0.39 is 0 Å². The number of nitrogen functional groups attached to an aromatic ring is 1. The minimum absolute atomic E-state index is 0.0804. The van der Waals surface area contributed by atoms with Gasteiger partial charge in [0.25, 0.3) is 0 Å². The van der Waals surface area contributed by atoms with E-state index in [1.807, 2.05) is 18.7 Å². The van der Waals surface area contributed by atoms with E-state index in [0.29, 0.717) is 11.7 Å². The van der Waals surface area contributed by atoms with E-state index >= 15 is 0 Å². The lowest BCUT2D eigenvalue weighted by molar-refractivity contribution is -0.134. The summed E-state index contributed by atoms with van der Waals surface area (Å²) in [4.78, 5) is 14.0. The molecule has 0 aliphatic rings. The quantitative estimate of drug-likeness (QED) is 0.842. The van der Waals surface area contributed by atoms with E-state index in [4.69, 9.17) is 5.73 Å². The highest BCUT2D eigenvalue weighted by Gasteiger charge is 2.18. The van der Waals surface area contributed by atoms with Gasteiger partial charge in [-0.3, -0.25) is 9.48 Å². The number of hydrogen-bond donors (Lipinski definition) is 1. The molecule has 0 fully saturated rings. The summed E-state index contributed by atoms with van der Waals surface area (Å²) in [7, 11) is 0. The third kappa shape index (κ3) is 4.09. The number of nitrogens with zero attached hydrogens (tertiary/aromatic N) is 3. The van der Waals surface area contributed by atoms with E-state index in [-0.39, 0.29) is 18.5 Å². The van der Waals surface area contributed by atoms with Crippen LogP contribution in [0.3, 0.4) is 0 Å². The summed E-state index contributed by atoms with van der Waals surface area (Å²) >= 11 is 0. The number of amides is 1. The van der Waals surface area contributed by atoms with Crippen molar-refractivity contribution in [3.63, 3.8) is 0 Å². The van der Waals surface area contributed by atoms with E-state index in [1.54, 1.807) is 16.9 Å². The minimum atomic E-state index is 0.0804. The molecule has 0 spiro atoms. The van der Waals surface area contributed by atoms with Gasteiger partial charge < -0.3 is 10.6 Å². The Labute approximate surface area is 103 Å². The van der Waals surface area contributed by atoms with Crippen LogP contribution in [0.4, 0.5) is 5.82 Å². The molecule has 5 nitrogen and oxygen atoms in total. The average molecular weight is 238 g/mol. The van der Waals surface area contributed by atoms with Gasteiger partial charge in [-0.2, -0.15) is 5.10 Å². The molecule has 17 heavy (non-hydrogen) atoms. The molecular weight excluding hydrogens is 216 g/mol. The number of hydrogen-bond acceptors (Lipinski definition) is 3. The number of nitrogens with two attached hydrogens (primary N) is 1. The van der Waals surface area contributed by atoms with E-state index in [9.17, 15) is 4.79 Å². The lowest BCUT2D eigenvalue weighted by Gasteiger charge is -2.28. The van der Waals surface area contributed by atoms with E-state index in [0.717, 1.165) is 6.54 Å². The van der Waals surface area contributed by atoms with Crippen molar-refractivity contribution >= 4 is 11.7 Å². The molecule has 0 unspecified atom stereocenters. The van der Waals surface area contributed by atoms with E-state index in [1.165, 1.54) is 0 Å². The Morgan fingerprint density at radius 1 is 1.47 bits per heavy atom. The van der Waals surface area contributed by atoms with Gasteiger partial charge in [0.2, 0.25) is 5.91 Å². The Morgan fingerprint density at radius 3 is 2.53 bits per heavy atom. The number of aromatic nitrogens is 2. The van der Waals surface area contributed by atoms with Gasteiger partial charge in [-0.1, -0.05) is 13.8 Å². The fourth-order valence-electron chi connectivity index (χ4n) is 1.69. The molecule has 0 radical (unpaired) electrons. The largest absolute Gasteiger partial charge is 0.382 e. The van der Waals surface area contributed by atoms with Crippen LogP contribution in [0, 0.1) is 5.92 Å². The maximum absolute atomic E-state index is 12.1. The first kappa shape index (κ1) is 13.5. The molecule has 1 rings (SSSR count). The number of rotatable bonds is 5. The second-order valence-electron chi connectivity index (χ2n) is 4.97. The van der Waals surface area contributed by atoms with Gasteiger partial charge in [-0.15, -0.1) is 0 Å². The Kier molecular flexibility index (Phi) is 4.54. The number of anilines is 1. The Bertz CT molecular complexity index is 370. The zero-order valence-electron chi connectivity index (χ0n) is 11.1. The highest BCUT2D eigenvalue weighted by atomic mass is 16.2. The molecule has 0 saturated carbocycles. The summed E-state index contributed by atoms with van der Waals surface area (Å²) in [6.07, 6.45) is 1.72. The van der Waals surface area contributed by atoms with Gasteiger partial charge >= 0.3 is 0 Å². The summed E-state index contributed by atoms with van der Waals surface area (Å²) in [6, 6.07) is 1.90. The van der Waals surface area contributed by atoms with Crippen LogP contribution in [0.1, 0.15) is 27.7 Å². The first-order chi connectivity index (χ1) is 7.90. The first-order valence-electron chi connectivity index (χ1n) is 5.98. The standard InChI is InChI=1S/C12H22N4O/c1-9(2)7-16(10(3)4)12(17)8-15-6-5-11(13)14-15/h5-6,9-10H,7-8H2,1-4H3,(H2,13,14). The SMILES string of the molecule is CC(C)CN(C(=O)Cn1ccc(N)n1)C(C)C. The fraction of sp³-hybridized carbons (Fsp3) is 0.667. The minimum Gasteiger partial charge on any atom is -0.382 e. The van der Waals surface area contributed by atoms with Crippen molar-refractivity contribution in [2.45, 2.75) is 40.3 Å². The smallest absolute Gasteiger partial charge is 0.244 e. The van der Waals surface area contributed by atoms with Crippen LogP contribution in [0.15, 0.2) is 12.3 Å². The van der Waals surface area contributed by atoms with Crippen LogP contribution in [-0.4, -0.2) is 33.2 Å². The Hall–Kier alpha value is -1.52. The summed E-state index contributed by atoms with van der Waals surface area (Å²) in [5, 5.41) is 4.02. The molecule has 0 aliphatic carbocycles. The molecule has 5 heteroatoms. The van der Waals surface area contributed by atoms with Crippen molar-refractivity contribution < 1.29 is 4.79 Å². The molecule has 0 aliphatic heterocycles. The summed E-state index contributed by atoms with van der Waals surface area (Å²) in [6.45, 7) is 9.29. The van der Waals surface area contributed by atoms with Gasteiger partial charge in [0.1, 0.15) is 12.4 Å². The molecule has 1 amide bonds. The Balaban J connectivity index is 2.65. The highest BCUT2D eigenvalue weighted by molar-refractivity contribution is 5.76. The second kappa shape index (κ2) is 5.70. The van der Waals surface area contributed by atoms with Gasteiger partial charge in [-0.05, 0) is 25.8 Å². The predicted molar refractivity (Wildman–Crippen MR) is 68.3 cm³/mol. The van der Waals surface area contributed by atoms with Crippen molar-refractivity contribution in [1.29, 1.82) is 0 Å². The van der Waals surface area contributed by atoms with Crippen molar-refractivity contribution in [1.82, 2.24) is 14.7 Å². The molecule has 0 saturated heterocycles. The molecule has 1 aromatic heterocycles. The summed E-state index contributed by atoms with van der Waals surface area (Å²) in [5.74, 6) is 0.985. The third-order valence-corrected chi connectivity index (χ3v) is 2.46. The van der Waals surface area contributed by atoms with Crippen LogP contribution in [0.5, 0.6) is 0 Å². The van der Waals surface area contributed by atoms with Crippen molar-refractivity contribution in [2.75, 3.05) is 12.3 Å². The molecule has 96 valence electrons. The van der Waals surface area contributed by atoms with Crippen LogP contribution < -0.4 is 5.73 Å². The maximum atomic E-state index is 12.1. The highest BCUT2D eigenvalue weighted by Crippen LogP contribution is 2.06. The van der Waals surface area contributed by atoms with Crippen LogP contribution >= 0.6 is 0 Å². The maximum Gasteiger partial charge on any atom is 0.244 e. The topological polar surface area (TPSA) is 64.2 Å². The molecule has 1 aromatic rings. The van der Waals surface area contributed by atoms with Crippen LogP contribution in [0.2, 0.25) is 0 Å². The van der Waals surface area contributed by atoms with Gasteiger partial charge in [0.05, 0.1) is 0 Å². The van der Waals surface area contributed by atoms with Gasteiger partial charge in [0, 0.05) is 18.8 Å².